The molecule has 0 N–H and O–H groups in total. The van der Waals surface area contributed by atoms with E-state index < -0.39 is 0 Å². The Labute approximate surface area is 90.7 Å². The van der Waals surface area contributed by atoms with Gasteiger partial charge in [-0.1, -0.05) is 6.07 Å². The van der Waals surface area contributed by atoms with Crippen LogP contribution in [0.4, 0.5) is 0 Å². The van der Waals surface area contributed by atoms with Gasteiger partial charge in [0.05, 0.1) is 6.54 Å². The summed E-state index contributed by atoms with van der Waals surface area (Å²) in [6, 6.07) is 5.84. The van der Waals surface area contributed by atoms with Crippen LogP contribution in [-0.4, -0.2) is 33.6 Å². The van der Waals surface area contributed by atoms with E-state index in [4.69, 9.17) is 0 Å². The number of hydrogen-bond donors (Lipinski definition) is 0. The zero-order chi connectivity index (χ0) is 10.1. The van der Waals surface area contributed by atoms with Crippen LogP contribution in [0.2, 0.25) is 0 Å². The van der Waals surface area contributed by atoms with Crippen molar-refractivity contribution in [2.45, 2.75) is 6.54 Å². The van der Waals surface area contributed by atoms with Crippen LogP contribution in [0.3, 0.4) is 0 Å². The first-order valence-electron chi connectivity index (χ1n) is 4.32. The maximum atomic E-state index is 4.39. The molecule has 14 heavy (non-hydrogen) atoms. The molecular formula is C9H11BrN4. The van der Waals surface area contributed by atoms with E-state index in [0.717, 1.165) is 22.6 Å². The van der Waals surface area contributed by atoms with Crippen molar-refractivity contribution in [2.75, 3.05) is 14.1 Å². The molecule has 0 atom stereocenters. The Morgan fingerprint density at radius 3 is 2.86 bits per heavy atom. The molecule has 0 aromatic carbocycles. The van der Waals surface area contributed by atoms with Gasteiger partial charge >= 0.3 is 0 Å². The summed E-state index contributed by atoms with van der Waals surface area (Å²) < 4.78 is 2.71. The minimum absolute atomic E-state index is 0.758. The van der Waals surface area contributed by atoms with Gasteiger partial charge in [0.25, 0.3) is 0 Å². The van der Waals surface area contributed by atoms with Crippen molar-refractivity contribution < 1.29 is 0 Å². The Kier molecular flexibility index (Phi) is 2.52. The molecule has 0 aliphatic rings. The molecule has 2 aromatic rings. The minimum Gasteiger partial charge on any atom is -0.302 e. The van der Waals surface area contributed by atoms with Crippen LogP contribution >= 0.6 is 15.9 Å². The first kappa shape index (κ1) is 9.61. The molecule has 0 aliphatic heterocycles. The Hall–Kier alpha value is -0.940. The zero-order valence-electron chi connectivity index (χ0n) is 8.11. The summed E-state index contributed by atoms with van der Waals surface area (Å²) in [5.74, 6) is 0.835. The number of fused-ring (bicyclic) bond motifs is 1. The van der Waals surface area contributed by atoms with Crippen LogP contribution in [0.15, 0.2) is 22.8 Å². The van der Waals surface area contributed by atoms with Crippen molar-refractivity contribution in [3.63, 3.8) is 0 Å². The predicted molar refractivity (Wildman–Crippen MR) is 58.1 cm³/mol. The van der Waals surface area contributed by atoms with E-state index in [1.54, 1.807) is 4.52 Å². The molecule has 0 spiro atoms. The quantitative estimate of drug-likeness (QED) is 0.763. The van der Waals surface area contributed by atoms with Gasteiger partial charge in [0, 0.05) is 0 Å². The SMILES string of the molecule is CN(C)Cc1nc2cccc(Br)n2n1. The number of rotatable bonds is 2. The third kappa shape index (κ3) is 1.78. The van der Waals surface area contributed by atoms with Crippen molar-refractivity contribution in [1.82, 2.24) is 19.5 Å². The fourth-order valence-electron chi connectivity index (χ4n) is 1.27. The fraction of sp³-hybridized carbons (Fsp3) is 0.333. The van der Waals surface area contributed by atoms with Crippen LogP contribution in [0, 0.1) is 0 Å². The Bertz CT molecular complexity index is 449. The highest BCUT2D eigenvalue weighted by atomic mass is 79.9. The normalized spacial score (nSPS) is 11.4. The lowest BCUT2D eigenvalue weighted by Crippen LogP contribution is -2.11. The summed E-state index contributed by atoms with van der Waals surface area (Å²) in [4.78, 5) is 6.44. The molecule has 2 aromatic heterocycles. The van der Waals surface area contributed by atoms with Gasteiger partial charge in [0.1, 0.15) is 4.60 Å². The van der Waals surface area contributed by atoms with Gasteiger partial charge in [0.2, 0.25) is 0 Å². The molecule has 0 unspecified atom stereocenters. The Morgan fingerprint density at radius 1 is 1.43 bits per heavy atom. The summed E-state index contributed by atoms with van der Waals surface area (Å²) in [5.41, 5.74) is 0.872. The standard InChI is InChI=1S/C9H11BrN4/c1-13(2)6-8-11-9-5-3-4-7(10)14(9)12-8/h3-5H,6H2,1-2H3. The first-order chi connectivity index (χ1) is 6.66. The maximum Gasteiger partial charge on any atom is 0.165 e. The lowest BCUT2D eigenvalue weighted by molar-refractivity contribution is 0.390. The maximum absolute atomic E-state index is 4.39. The lowest BCUT2D eigenvalue weighted by atomic mass is 10.5. The Morgan fingerprint density at radius 2 is 2.21 bits per heavy atom. The minimum atomic E-state index is 0.758. The topological polar surface area (TPSA) is 33.4 Å². The summed E-state index contributed by atoms with van der Waals surface area (Å²) in [7, 11) is 4.00. The smallest absolute Gasteiger partial charge is 0.165 e. The van der Waals surface area contributed by atoms with Gasteiger partial charge < -0.3 is 4.90 Å². The molecule has 0 saturated heterocycles. The van der Waals surface area contributed by atoms with Crippen LogP contribution < -0.4 is 0 Å². The van der Waals surface area contributed by atoms with Crippen molar-refractivity contribution in [3.05, 3.63) is 28.6 Å². The van der Waals surface area contributed by atoms with Crippen LogP contribution in [0.5, 0.6) is 0 Å². The summed E-state index contributed by atoms with van der Waals surface area (Å²) in [6.45, 7) is 0.758. The van der Waals surface area contributed by atoms with Gasteiger partial charge in [-0.3, -0.25) is 0 Å². The predicted octanol–water partition coefficient (Wildman–Crippen LogP) is 1.55. The summed E-state index contributed by atoms with van der Waals surface area (Å²) >= 11 is 3.42. The molecule has 2 rings (SSSR count). The molecule has 2 heterocycles. The molecule has 0 aliphatic carbocycles. The molecule has 74 valence electrons. The molecule has 0 radical (unpaired) electrons. The monoisotopic (exact) mass is 254 g/mol. The van der Waals surface area contributed by atoms with Crippen LogP contribution in [-0.2, 0) is 6.54 Å². The third-order valence-electron chi connectivity index (χ3n) is 1.82. The van der Waals surface area contributed by atoms with E-state index in [9.17, 15) is 0 Å². The molecular weight excluding hydrogens is 244 g/mol. The van der Waals surface area contributed by atoms with Gasteiger partial charge in [-0.25, -0.2) is 9.50 Å². The summed E-state index contributed by atoms with van der Waals surface area (Å²) in [5, 5.41) is 4.37. The number of pyridine rings is 1. The zero-order valence-corrected chi connectivity index (χ0v) is 9.69. The van der Waals surface area contributed by atoms with Crippen LogP contribution in [0.25, 0.3) is 5.65 Å². The van der Waals surface area contributed by atoms with E-state index in [-0.39, 0.29) is 0 Å². The highest BCUT2D eigenvalue weighted by molar-refractivity contribution is 9.10. The Balaban J connectivity index is 2.46. The average Bonchev–Trinajstić information content (AvgIpc) is 2.47. The fourth-order valence-corrected chi connectivity index (χ4v) is 1.68. The van der Waals surface area contributed by atoms with Gasteiger partial charge in [-0.05, 0) is 42.2 Å². The second kappa shape index (κ2) is 3.67. The van der Waals surface area contributed by atoms with E-state index in [1.807, 2.05) is 37.2 Å². The molecule has 0 fully saturated rings. The van der Waals surface area contributed by atoms with Crippen molar-refractivity contribution in [1.29, 1.82) is 0 Å². The van der Waals surface area contributed by atoms with Gasteiger partial charge in [-0.15, -0.1) is 5.10 Å². The van der Waals surface area contributed by atoms with E-state index in [2.05, 4.69) is 26.0 Å². The first-order valence-corrected chi connectivity index (χ1v) is 5.11. The number of aromatic nitrogens is 3. The van der Waals surface area contributed by atoms with Crippen molar-refractivity contribution >= 4 is 21.6 Å². The average molecular weight is 255 g/mol. The number of nitrogens with zero attached hydrogens (tertiary/aromatic N) is 4. The van der Waals surface area contributed by atoms with E-state index in [0.29, 0.717) is 0 Å². The summed E-state index contributed by atoms with van der Waals surface area (Å²) in [6.07, 6.45) is 0. The van der Waals surface area contributed by atoms with Crippen molar-refractivity contribution in [2.24, 2.45) is 0 Å². The largest absolute Gasteiger partial charge is 0.302 e. The molecule has 0 bridgehead atoms. The molecule has 0 saturated carbocycles. The third-order valence-corrected chi connectivity index (χ3v) is 2.42. The number of hydrogen-bond acceptors (Lipinski definition) is 3. The van der Waals surface area contributed by atoms with Crippen molar-refractivity contribution in [3.8, 4) is 0 Å². The number of halogens is 1. The second-order valence-electron chi connectivity index (χ2n) is 3.38. The van der Waals surface area contributed by atoms with E-state index in [1.165, 1.54) is 0 Å². The highest BCUT2D eigenvalue weighted by Gasteiger charge is 2.05. The lowest BCUT2D eigenvalue weighted by Gasteiger charge is -2.03. The molecule has 5 heteroatoms. The second-order valence-corrected chi connectivity index (χ2v) is 4.20. The molecule has 4 nitrogen and oxygen atoms in total. The highest BCUT2D eigenvalue weighted by Crippen LogP contribution is 2.11. The van der Waals surface area contributed by atoms with Crippen LogP contribution in [0.1, 0.15) is 5.82 Å². The molecule has 0 amide bonds. The van der Waals surface area contributed by atoms with E-state index >= 15 is 0 Å². The van der Waals surface area contributed by atoms with Gasteiger partial charge in [0.15, 0.2) is 11.5 Å². The van der Waals surface area contributed by atoms with Gasteiger partial charge in [-0.2, -0.15) is 0 Å².